The largest absolute Gasteiger partial charge is 0.497 e. The topological polar surface area (TPSA) is 56.5 Å². The van der Waals surface area contributed by atoms with Crippen molar-refractivity contribution in [2.45, 2.75) is 6.54 Å². The van der Waals surface area contributed by atoms with E-state index in [9.17, 15) is 9.50 Å². The predicted molar refractivity (Wildman–Crippen MR) is 90.0 cm³/mol. The number of aromatic hydroxyl groups is 1. The average molecular weight is 371 g/mol. The molecule has 1 aromatic carbocycles. The Morgan fingerprint density at radius 3 is 2.62 bits per heavy atom. The number of hydrogen-bond acceptors (Lipinski definition) is 4. The number of aromatic nitrogens is 2. The van der Waals surface area contributed by atoms with Gasteiger partial charge in [0.1, 0.15) is 16.7 Å². The van der Waals surface area contributed by atoms with Gasteiger partial charge in [-0.25, -0.2) is 9.37 Å². The number of ether oxygens (including phenoxy) is 2. The molecule has 2 aromatic heterocycles. The maximum atomic E-state index is 14.1. The molecule has 0 spiro atoms. The summed E-state index contributed by atoms with van der Waals surface area (Å²) < 4.78 is 26.1. The van der Waals surface area contributed by atoms with Crippen LogP contribution in [0.4, 0.5) is 4.39 Å². The van der Waals surface area contributed by atoms with Gasteiger partial charge in [0, 0.05) is 23.2 Å². The van der Waals surface area contributed by atoms with Gasteiger partial charge < -0.3 is 19.1 Å². The number of rotatable bonds is 4. The lowest BCUT2D eigenvalue weighted by molar-refractivity contribution is 0.387. The lowest BCUT2D eigenvalue weighted by Crippen LogP contribution is -2.00. The van der Waals surface area contributed by atoms with Crippen molar-refractivity contribution in [2.24, 2.45) is 0 Å². The van der Waals surface area contributed by atoms with E-state index in [0.717, 1.165) is 5.56 Å². The van der Waals surface area contributed by atoms with Crippen LogP contribution < -0.4 is 9.47 Å². The van der Waals surface area contributed by atoms with E-state index in [-0.39, 0.29) is 33.5 Å². The van der Waals surface area contributed by atoms with E-state index in [2.05, 4.69) is 4.98 Å². The number of benzene rings is 1. The number of hydrogen-bond donors (Lipinski definition) is 1. The van der Waals surface area contributed by atoms with Crippen molar-refractivity contribution < 1.29 is 19.0 Å². The van der Waals surface area contributed by atoms with Crippen molar-refractivity contribution in [3.8, 4) is 17.4 Å². The smallest absolute Gasteiger partial charge is 0.202 e. The van der Waals surface area contributed by atoms with Gasteiger partial charge in [-0.3, -0.25) is 0 Å². The molecule has 2 heterocycles. The number of pyridine rings is 1. The summed E-state index contributed by atoms with van der Waals surface area (Å²) in [4.78, 5) is 3.68. The minimum Gasteiger partial charge on any atom is -0.497 e. The van der Waals surface area contributed by atoms with Crippen LogP contribution in [0.5, 0.6) is 17.4 Å². The van der Waals surface area contributed by atoms with Crippen LogP contribution in [0.3, 0.4) is 0 Å². The standard InChI is InChI=1S/C16H13Cl2FN2O3/c1-23-9-4-3-8(11(5-9)24-2)6-21-7-10-12(16(21)22)14(17)20-15(18)13(10)19/h3-5,7,22H,6H2,1-2H3. The molecule has 1 N–H and O–H groups in total. The van der Waals surface area contributed by atoms with Gasteiger partial charge >= 0.3 is 0 Å². The Balaban J connectivity index is 2.10. The highest BCUT2D eigenvalue weighted by atomic mass is 35.5. The third kappa shape index (κ3) is 2.72. The predicted octanol–water partition coefficient (Wildman–Crippen LogP) is 4.25. The van der Waals surface area contributed by atoms with Crippen molar-refractivity contribution in [3.63, 3.8) is 0 Å². The van der Waals surface area contributed by atoms with Crippen LogP contribution >= 0.6 is 23.2 Å². The second kappa shape index (κ2) is 6.37. The molecule has 3 aromatic rings. The molecule has 0 unspecified atom stereocenters. The van der Waals surface area contributed by atoms with Crippen molar-refractivity contribution in [1.82, 2.24) is 9.55 Å². The summed E-state index contributed by atoms with van der Waals surface area (Å²) in [5.74, 6) is 0.291. The molecule has 0 radical (unpaired) electrons. The highest BCUT2D eigenvalue weighted by molar-refractivity contribution is 6.37. The van der Waals surface area contributed by atoms with Crippen LogP contribution in [0.2, 0.25) is 10.3 Å². The summed E-state index contributed by atoms with van der Waals surface area (Å²) >= 11 is 11.7. The maximum absolute atomic E-state index is 14.1. The number of halogens is 3. The number of fused-ring (bicyclic) bond motifs is 1. The number of nitrogens with zero attached hydrogens (tertiary/aromatic N) is 2. The van der Waals surface area contributed by atoms with Crippen molar-refractivity contribution >= 4 is 34.0 Å². The summed E-state index contributed by atoms with van der Waals surface area (Å²) in [6, 6.07) is 5.29. The molecule has 0 saturated heterocycles. The first-order chi connectivity index (χ1) is 11.5. The molecule has 0 amide bonds. The highest BCUT2D eigenvalue weighted by Crippen LogP contribution is 2.37. The Labute approximate surface area is 147 Å². The summed E-state index contributed by atoms with van der Waals surface area (Å²) in [5, 5.41) is 10.2. The van der Waals surface area contributed by atoms with E-state index < -0.39 is 5.82 Å². The van der Waals surface area contributed by atoms with Gasteiger partial charge in [-0.15, -0.1) is 0 Å². The minimum absolute atomic E-state index is 0.0608. The van der Waals surface area contributed by atoms with Gasteiger partial charge in [-0.1, -0.05) is 23.2 Å². The fourth-order valence-corrected chi connectivity index (χ4v) is 3.00. The van der Waals surface area contributed by atoms with Crippen molar-refractivity contribution in [2.75, 3.05) is 14.2 Å². The molecule has 0 fully saturated rings. The molecule has 5 nitrogen and oxygen atoms in total. The van der Waals surface area contributed by atoms with Crippen molar-refractivity contribution in [3.05, 3.63) is 46.1 Å². The normalized spacial score (nSPS) is 11.0. The van der Waals surface area contributed by atoms with Crippen molar-refractivity contribution in [1.29, 1.82) is 0 Å². The molecular formula is C16H13Cl2FN2O3. The first-order valence-electron chi connectivity index (χ1n) is 6.89. The molecule has 0 aliphatic heterocycles. The SMILES string of the molecule is COc1ccc(Cn2cc3c(F)c(Cl)nc(Cl)c3c2O)c(OC)c1. The van der Waals surface area contributed by atoms with Crippen LogP contribution in [-0.2, 0) is 6.54 Å². The molecule has 0 saturated carbocycles. The molecule has 0 aliphatic carbocycles. The van der Waals surface area contributed by atoms with Gasteiger partial charge in [0.15, 0.2) is 11.0 Å². The van der Waals surface area contributed by atoms with Crippen LogP contribution in [0.25, 0.3) is 10.8 Å². The lowest BCUT2D eigenvalue weighted by atomic mass is 10.2. The van der Waals surface area contributed by atoms with E-state index >= 15 is 0 Å². The molecule has 126 valence electrons. The molecule has 8 heteroatoms. The van der Waals surface area contributed by atoms with E-state index in [1.54, 1.807) is 25.3 Å². The molecule has 0 atom stereocenters. The zero-order chi connectivity index (χ0) is 17.4. The first kappa shape index (κ1) is 16.7. The zero-order valence-electron chi connectivity index (χ0n) is 12.8. The summed E-state index contributed by atoms with van der Waals surface area (Å²) in [6.07, 6.45) is 1.43. The molecule has 24 heavy (non-hydrogen) atoms. The Morgan fingerprint density at radius 1 is 1.21 bits per heavy atom. The fraction of sp³-hybridized carbons (Fsp3) is 0.188. The van der Waals surface area contributed by atoms with Crippen LogP contribution in [0.1, 0.15) is 5.56 Å². The lowest BCUT2D eigenvalue weighted by Gasteiger charge is -2.11. The maximum Gasteiger partial charge on any atom is 0.202 e. The monoisotopic (exact) mass is 370 g/mol. The van der Waals surface area contributed by atoms with Crippen LogP contribution in [0.15, 0.2) is 24.4 Å². The van der Waals surface area contributed by atoms with Gasteiger partial charge in [0.2, 0.25) is 5.88 Å². The molecule has 3 rings (SSSR count). The van der Waals surface area contributed by atoms with Crippen LogP contribution in [0, 0.1) is 5.82 Å². The van der Waals surface area contributed by atoms with Gasteiger partial charge in [-0.05, 0) is 12.1 Å². The second-order valence-corrected chi connectivity index (χ2v) is 5.77. The summed E-state index contributed by atoms with van der Waals surface area (Å²) in [5.41, 5.74) is 0.768. The Hall–Kier alpha value is -2.18. The highest BCUT2D eigenvalue weighted by Gasteiger charge is 2.20. The summed E-state index contributed by atoms with van der Waals surface area (Å²) in [6.45, 7) is 0.237. The minimum atomic E-state index is -0.730. The van der Waals surface area contributed by atoms with E-state index in [1.807, 2.05) is 0 Å². The average Bonchev–Trinajstić information content (AvgIpc) is 2.90. The second-order valence-electron chi connectivity index (χ2n) is 5.05. The molecule has 0 bridgehead atoms. The summed E-state index contributed by atoms with van der Waals surface area (Å²) in [7, 11) is 3.09. The van der Waals surface area contributed by atoms with Gasteiger partial charge in [0.05, 0.1) is 26.2 Å². The third-order valence-electron chi connectivity index (χ3n) is 3.71. The van der Waals surface area contributed by atoms with Gasteiger partial charge in [-0.2, -0.15) is 0 Å². The van der Waals surface area contributed by atoms with E-state index in [0.29, 0.717) is 11.5 Å². The van der Waals surface area contributed by atoms with E-state index in [4.69, 9.17) is 32.7 Å². The quantitative estimate of drug-likeness (QED) is 0.697. The van der Waals surface area contributed by atoms with Gasteiger partial charge in [0.25, 0.3) is 0 Å². The number of methoxy groups -OCH3 is 2. The first-order valence-corrected chi connectivity index (χ1v) is 7.65. The Bertz CT molecular complexity index is 928. The van der Waals surface area contributed by atoms with Crippen LogP contribution in [-0.4, -0.2) is 28.9 Å². The molecular weight excluding hydrogens is 358 g/mol. The third-order valence-corrected chi connectivity index (χ3v) is 4.23. The fourth-order valence-electron chi connectivity index (χ4n) is 2.50. The van der Waals surface area contributed by atoms with E-state index in [1.165, 1.54) is 17.9 Å². The Kier molecular flexibility index (Phi) is 4.43. The zero-order valence-corrected chi connectivity index (χ0v) is 14.3. The Morgan fingerprint density at radius 2 is 1.96 bits per heavy atom. The molecule has 0 aliphatic rings.